The Balaban J connectivity index is 1.48. The lowest BCUT2D eigenvalue weighted by Gasteiger charge is -2.28. The maximum atomic E-state index is 5.38. The summed E-state index contributed by atoms with van der Waals surface area (Å²) in [5.41, 5.74) is 5.89. The Morgan fingerprint density at radius 1 is 1.12 bits per heavy atom. The highest BCUT2D eigenvalue weighted by Crippen LogP contribution is 2.16. The molecule has 136 valence electrons. The molecule has 1 fully saturated rings. The largest absolute Gasteiger partial charge is 0.497 e. The maximum Gasteiger partial charge on any atom is 0.191 e. The molecule has 1 saturated heterocycles. The summed E-state index contributed by atoms with van der Waals surface area (Å²) in [7, 11) is 1.64. The van der Waals surface area contributed by atoms with Gasteiger partial charge in [-0.1, -0.05) is 12.1 Å². The minimum absolute atomic E-state index is 0.427. The van der Waals surface area contributed by atoms with Crippen LogP contribution in [0, 0.1) is 0 Å². The van der Waals surface area contributed by atoms with E-state index >= 15 is 0 Å². The first-order valence-corrected chi connectivity index (χ1v) is 8.82. The van der Waals surface area contributed by atoms with E-state index in [9.17, 15) is 0 Å². The molecule has 0 atom stereocenters. The predicted molar refractivity (Wildman–Crippen MR) is 109 cm³/mol. The van der Waals surface area contributed by atoms with Gasteiger partial charge in [-0.2, -0.15) is 5.10 Å². The molecule has 1 aliphatic heterocycles. The Morgan fingerprint density at radius 3 is 2.46 bits per heavy atom. The third-order valence-corrected chi connectivity index (χ3v) is 4.19. The van der Waals surface area contributed by atoms with Gasteiger partial charge in [-0.25, -0.2) is 0 Å². The summed E-state index contributed by atoms with van der Waals surface area (Å²) in [5.74, 6) is 0.799. The van der Waals surface area contributed by atoms with Crippen molar-refractivity contribution in [2.24, 2.45) is 5.10 Å². The van der Waals surface area contributed by atoms with Gasteiger partial charge in [-0.3, -0.25) is 5.43 Å². The van der Waals surface area contributed by atoms with E-state index in [0.29, 0.717) is 5.11 Å². The van der Waals surface area contributed by atoms with Crippen LogP contribution in [-0.4, -0.2) is 44.7 Å². The normalized spacial score (nSPS) is 14.3. The van der Waals surface area contributed by atoms with Crippen LogP contribution in [0.4, 0.5) is 11.4 Å². The van der Waals surface area contributed by atoms with Gasteiger partial charge in [-0.05, 0) is 54.2 Å². The molecule has 2 N–H and O–H groups in total. The number of methoxy groups -OCH3 is 1. The number of hydrogen-bond donors (Lipinski definition) is 2. The molecule has 0 amide bonds. The van der Waals surface area contributed by atoms with E-state index in [1.54, 1.807) is 13.3 Å². The van der Waals surface area contributed by atoms with E-state index in [0.717, 1.165) is 43.3 Å². The van der Waals surface area contributed by atoms with Crippen LogP contribution in [0.3, 0.4) is 0 Å². The van der Waals surface area contributed by atoms with Crippen molar-refractivity contribution in [1.82, 2.24) is 5.43 Å². The average Bonchev–Trinajstić information content (AvgIpc) is 2.70. The Kier molecular flexibility index (Phi) is 6.40. The van der Waals surface area contributed by atoms with Crippen LogP contribution in [0.25, 0.3) is 0 Å². The number of nitrogens with one attached hydrogen (secondary N) is 2. The lowest BCUT2D eigenvalue weighted by atomic mass is 10.2. The number of anilines is 2. The number of morpholine rings is 1. The fraction of sp³-hybridized carbons (Fsp3) is 0.263. The van der Waals surface area contributed by atoms with Crippen LogP contribution in [0.1, 0.15) is 5.56 Å². The van der Waals surface area contributed by atoms with Gasteiger partial charge in [0.1, 0.15) is 5.75 Å². The van der Waals surface area contributed by atoms with Crippen LogP contribution in [0.15, 0.2) is 53.6 Å². The van der Waals surface area contributed by atoms with E-state index in [1.807, 2.05) is 36.4 Å². The van der Waals surface area contributed by atoms with Crippen LogP contribution in [-0.2, 0) is 4.74 Å². The lowest BCUT2D eigenvalue weighted by Crippen LogP contribution is -2.36. The number of ether oxygens (including phenoxy) is 2. The minimum atomic E-state index is 0.427. The van der Waals surface area contributed by atoms with Crippen LogP contribution >= 0.6 is 12.2 Å². The number of hydrogen-bond acceptors (Lipinski definition) is 5. The van der Waals surface area contributed by atoms with Crippen LogP contribution in [0.2, 0.25) is 0 Å². The van der Waals surface area contributed by atoms with Gasteiger partial charge in [0.2, 0.25) is 0 Å². The average molecular weight is 370 g/mol. The highest BCUT2D eigenvalue weighted by molar-refractivity contribution is 7.80. The molecule has 1 aliphatic rings. The van der Waals surface area contributed by atoms with Crippen molar-refractivity contribution in [3.63, 3.8) is 0 Å². The van der Waals surface area contributed by atoms with Gasteiger partial charge in [0.25, 0.3) is 0 Å². The van der Waals surface area contributed by atoms with Crippen molar-refractivity contribution in [3.05, 3.63) is 54.1 Å². The maximum absolute atomic E-state index is 5.38. The molecule has 0 spiro atoms. The van der Waals surface area contributed by atoms with Crippen LogP contribution < -0.4 is 20.4 Å². The standard InChI is InChI=1S/C19H22N4O2S/c1-24-18-8-4-16(5-9-18)21-19(26)22-20-14-15-2-6-17(7-3-15)23-10-12-25-13-11-23/h2-9,14H,10-13H2,1H3,(H2,21,22,26)/b20-14+. The third-order valence-electron chi connectivity index (χ3n) is 4.00. The van der Waals surface area contributed by atoms with E-state index in [-0.39, 0.29) is 0 Å². The molecule has 2 aromatic rings. The van der Waals surface area contributed by atoms with E-state index in [4.69, 9.17) is 21.7 Å². The van der Waals surface area contributed by atoms with Gasteiger partial charge in [-0.15, -0.1) is 0 Å². The molecule has 0 saturated carbocycles. The number of nitrogens with zero attached hydrogens (tertiary/aromatic N) is 2. The Labute approximate surface area is 158 Å². The fourth-order valence-electron chi connectivity index (χ4n) is 2.59. The van der Waals surface area contributed by atoms with E-state index in [1.165, 1.54) is 5.69 Å². The molecule has 0 aromatic heterocycles. The first-order chi connectivity index (χ1) is 12.7. The smallest absolute Gasteiger partial charge is 0.191 e. The van der Waals surface area contributed by atoms with E-state index < -0.39 is 0 Å². The molecule has 7 heteroatoms. The monoisotopic (exact) mass is 370 g/mol. The highest BCUT2D eigenvalue weighted by Gasteiger charge is 2.10. The third kappa shape index (κ3) is 5.18. The van der Waals surface area contributed by atoms with Crippen molar-refractivity contribution in [3.8, 4) is 5.75 Å². The molecule has 6 nitrogen and oxygen atoms in total. The fourth-order valence-corrected chi connectivity index (χ4v) is 2.76. The van der Waals surface area contributed by atoms with Gasteiger partial charge < -0.3 is 19.7 Å². The zero-order valence-electron chi connectivity index (χ0n) is 14.6. The molecule has 0 radical (unpaired) electrons. The summed E-state index contributed by atoms with van der Waals surface area (Å²) in [4.78, 5) is 2.32. The Morgan fingerprint density at radius 2 is 1.81 bits per heavy atom. The summed E-state index contributed by atoms with van der Waals surface area (Å²) in [6.07, 6.45) is 1.74. The SMILES string of the molecule is COc1ccc(NC(=S)N/N=C/c2ccc(N3CCOCC3)cc2)cc1. The molecular formula is C19H22N4O2S. The second kappa shape index (κ2) is 9.17. The minimum Gasteiger partial charge on any atom is -0.497 e. The van der Waals surface area contributed by atoms with Crippen molar-refractivity contribution < 1.29 is 9.47 Å². The summed E-state index contributed by atoms with van der Waals surface area (Å²) < 4.78 is 10.5. The summed E-state index contributed by atoms with van der Waals surface area (Å²) in [6.45, 7) is 3.43. The summed E-state index contributed by atoms with van der Waals surface area (Å²) in [6, 6.07) is 15.8. The lowest BCUT2D eigenvalue weighted by molar-refractivity contribution is 0.122. The second-order valence-corrected chi connectivity index (χ2v) is 6.15. The first kappa shape index (κ1) is 18.2. The van der Waals surface area contributed by atoms with Crippen molar-refractivity contribution in [1.29, 1.82) is 0 Å². The second-order valence-electron chi connectivity index (χ2n) is 5.74. The van der Waals surface area contributed by atoms with Gasteiger partial charge in [0.05, 0.1) is 26.5 Å². The molecule has 0 bridgehead atoms. The Bertz CT molecular complexity index is 741. The molecule has 26 heavy (non-hydrogen) atoms. The van der Waals surface area contributed by atoms with Crippen LogP contribution in [0.5, 0.6) is 5.75 Å². The summed E-state index contributed by atoms with van der Waals surface area (Å²) in [5, 5.41) is 7.67. The van der Waals surface area contributed by atoms with Crippen molar-refractivity contribution in [2.45, 2.75) is 0 Å². The van der Waals surface area contributed by atoms with E-state index in [2.05, 4.69) is 32.9 Å². The van der Waals surface area contributed by atoms with Gasteiger partial charge in [0.15, 0.2) is 5.11 Å². The number of hydrazone groups is 1. The number of thiocarbonyl (C=S) groups is 1. The Hall–Kier alpha value is -2.64. The molecule has 1 heterocycles. The molecule has 0 aliphatic carbocycles. The molecular weight excluding hydrogens is 348 g/mol. The molecule has 2 aromatic carbocycles. The zero-order valence-corrected chi connectivity index (χ0v) is 15.5. The highest BCUT2D eigenvalue weighted by atomic mass is 32.1. The van der Waals surface area contributed by atoms with Gasteiger partial charge in [0, 0.05) is 24.5 Å². The topological polar surface area (TPSA) is 58.1 Å². The predicted octanol–water partition coefficient (Wildman–Crippen LogP) is 2.85. The number of rotatable bonds is 5. The molecule has 3 rings (SSSR count). The van der Waals surface area contributed by atoms with Gasteiger partial charge >= 0.3 is 0 Å². The summed E-state index contributed by atoms with van der Waals surface area (Å²) >= 11 is 5.23. The van der Waals surface area contributed by atoms with Crippen molar-refractivity contribution in [2.75, 3.05) is 43.6 Å². The first-order valence-electron chi connectivity index (χ1n) is 8.41. The molecule has 0 unspecified atom stereocenters. The quantitative estimate of drug-likeness (QED) is 0.480. The zero-order chi connectivity index (χ0) is 18.2. The van der Waals surface area contributed by atoms with Crippen molar-refractivity contribution >= 4 is 34.9 Å². The number of benzene rings is 2.